The lowest BCUT2D eigenvalue weighted by Crippen LogP contribution is -2.45. The molecule has 2 aromatic rings. The van der Waals surface area contributed by atoms with Gasteiger partial charge in [0.25, 0.3) is 0 Å². The molecule has 194 valence electrons. The first kappa shape index (κ1) is 27.3. The molecule has 1 fully saturated rings. The molecular formula is C24H34FN3O6S. The molecule has 1 aliphatic heterocycles. The van der Waals surface area contributed by atoms with Crippen molar-refractivity contribution in [2.24, 2.45) is 0 Å². The summed E-state index contributed by atoms with van der Waals surface area (Å²) in [6.45, 7) is 8.07. The number of carboxylic acid groups (broad SMARTS) is 1. The molecule has 0 saturated carbocycles. The van der Waals surface area contributed by atoms with Gasteiger partial charge in [-0.15, -0.1) is 0 Å². The molecule has 1 saturated heterocycles. The van der Waals surface area contributed by atoms with Crippen LogP contribution >= 0.6 is 0 Å². The minimum absolute atomic E-state index is 0.0277. The van der Waals surface area contributed by atoms with Crippen molar-refractivity contribution in [1.29, 1.82) is 0 Å². The maximum atomic E-state index is 13.6. The molecule has 1 aliphatic rings. The molecule has 0 aliphatic carbocycles. The lowest BCUT2D eigenvalue weighted by atomic mass is 10.0. The van der Waals surface area contributed by atoms with Crippen LogP contribution in [0, 0.1) is 5.82 Å². The zero-order valence-electron chi connectivity index (χ0n) is 20.7. The van der Waals surface area contributed by atoms with Crippen molar-refractivity contribution in [3.8, 4) is 11.4 Å². The second kappa shape index (κ2) is 10.7. The number of ether oxygens (including phenoxy) is 2. The molecule has 0 radical (unpaired) electrons. The molecule has 0 amide bonds. The summed E-state index contributed by atoms with van der Waals surface area (Å²) in [5.74, 6) is -1.57. The molecule has 0 spiro atoms. The van der Waals surface area contributed by atoms with Crippen molar-refractivity contribution in [2.75, 3.05) is 6.26 Å². The average Bonchev–Trinajstić information content (AvgIpc) is 3.08. The predicted octanol–water partition coefficient (Wildman–Crippen LogP) is 3.64. The van der Waals surface area contributed by atoms with Crippen LogP contribution < -0.4 is 4.72 Å². The lowest BCUT2D eigenvalue weighted by Gasteiger charge is -2.40. The second-order valence-electron chi connectivity index (χ2n) is 9.68. The molecule has 3 rings (SSSR count). The maximum Gasteiger partial charge on any atom is 0.305 e. The minimum atomic E-state index is -3.43. The summed E-state index contributed by atoms with van der Waals surface area (Å²) in [7, 11) is -3.43. The third-order valence-corrected chi connectivity index (χ3v) is 6.41. The van der Waals surface area contributed by atoms with Crippen molar-refractivity contribution in [1.82, 2.24) is 14.3 Å². The van der Waals surface area contributed by atoms with E-state index in [2.05, 4.69) is 4.72 Å². The Morgan fingerprint density at radius 3 is 2.46 bits per heavy atom. The maximum absolute atomic E-state index is 13.6. The largest absolute Gasteiger partial charge is 0.481 e. The second-order valence-corrected chi connectivity index (χ2v) is 11.5. The molecule has 2 N–H and O–H groups in total. The van der Waals surface area contributed by atoms with Gasteiger partial charge in [0.05, 0.1) is 37.1 Å². The fourth-order valence-corrected chi connectivity index (χ4v) is 4.92. The van der Waals surface area contributed by atoms with E-state index >= 15 is 0 Å². The Morgan fingerprint density at radius 1 is 1.26 bits per heavy atom. The first-order valence-electron chi connectivity index (χ1n) is 11.6. The van der Waals surface area contributed by atoms with E-state index in [-0.39, 0.29) is 30.8 Å². The number of hydrogen-bond acceptors (Lipinski definition) is 6. The standard InChI is InChI=1S/C24H34FN3O6S/c1-15(2)22-20(14-26-35(5,31)32)27-23(16-6-8-17(25)9-7-16)28(22)11-10-18-12-19(13-21(29)30)34-24(3,4)33-18/h6-9,15,18-19,26H,10-14H2,1-5H3,(H,29,30)/t18-,19-/m1/s1. The number of carbonyl (C=O) groups is 1. The van der Waals surface area contributed by atoms with E-state index in [0.29, 0.717) is 36.5 Å². The van der Waals surface area contributed by atoms with Gasteiger partial charge in [-0.2, -0.15) is 0 Å². The molecule has 1 aromatic carbocycles. The fraction of sp³-hybridized carbons (Fsp3) is 0.583. The number of halogens is 1. The highest BCUT2D eigenvalue weighted by Gasteiger charge is 2.36. The molecular weight excluding hydrogens is 477 g/mol. The number of imidazole rings is 1. The van der Waals surface area contributed by atoms with Gasteiger partial charge in [0.1, 0.15) is 11.6 Å². The quantitative estimate of drug-likeness (QED) is 0.500. The molecule has 9 nitrogen and oxygen atoms in total. The number of benzene rings is 1. The van der Waals surface area contributed by atoms with Crippen LogP contribution in [-0.4, -0.2) is 53.3 Å². The summed E-state index contributed by atoms with van der Waals surface area (Å²) < 4.78 is 53.4. The van der Waals surface area contributed by atoms with Crippen molar-refractivity contribution in [3.63, 3.8) is 0 Å². The number of aromatic nitrogens is 2. The predicted molar refractivity (Wildman–Crippen MR) is 129 cm³/mol. The highest BCUT2D eigenvalue weighted by atomic mass is 32.2. The summed E-state index contributed by atoms with van der Waals surface area (Å²) in [4.78, 5) is 16.0. The summed E-state index contributed by atoms with van der Waals surface area (Å²) in [6.07, 6.45) is 1.29. The van der Waals surface area contributed by atoms with Crippen LogP contribution in [0.5, 0.6) is 0 Å². The van der Waals surface area contributed by atoms with Gasteiger partial charge in [-0.25, -0.2) is 22.5 Å². The van der Waals surface area contributed by atoms with E-state index in [9.17, 15) is 22.7 Å². The van der Waals surface area contributed by atoms with Crippen molar-refractivity contribution in [3.05, 3.63) is 41.5 Å². The van der Waals surface area contributed by atoms with Crippen LogP contribution in [0.15, 0.2) is 24.3 Å². The summed E-state index contributed by atoms with van der Waals surface area (Å²) in [6, 6.07) is 6.00. The van der Waals surface area contributed by atoms with Gasteiger partial charge < -0.3 is 19.1 Å². The Hall–Kier alpha value is -2.34. The number of hydrogen-bond donors (Lipinski definition) is 2. The lowest BCUT2D eigenvalue weighted by molar-refractivity contribution is -0.300. The van der Waals surface area contributed by atoms with Crippen LogP contribution in [0.3, 0.4) is 0 Å². The highest BCUT2D eigenvalue weighted by Crippen LogP contribution is 2.32. The Kier molecular flexibility index (Phi) is 8.36. The zero-order chi connectivity index (χ0) is 26.0. The third-order valence-electron chi connectivity index (χ3n) is 5.74. The van der Waals surface area contributed by atoms with Crippen LogP contribution in [0.25, 0.3) is 11.4 Å². The normalized spacial score (nSPS) is 20.3. The average molecular weight is 512 g/mol. The summed E-state index contributed by atoms with van der Waals surface area (Å²) in [5, 5.41) is 9.21. The third kappa shape index (κ3) is 7.57. The topological polar surface area (TPSA) is 120 Å². The van der Waals surface area contributed by atoms with E-state index in [1.54, 1.807) is 26.0 Å². The zero-order valence-corrected chi connectivity index (χ0v) is 21.6. The molecule has 0 unspecified atom stereocenters. The molecule has 35 heavy (non-hydrogen) atoms. The van der Waals surface area contributed by atoms with Gasteiger partial charge in [-0.05, 0) is 50.5 Å². The molecule has 1 aromatic heterocycles. The molecule has 2 heterocycles. The van der Waals surface area contributed by atoms with E-state index in [0.717, 1.165) is 11.9 Å². The van der Waals surface area contributed by atoms with Gasteiger partial charge in [-0.1, -0.05) is 13.8 Å². The highest BCUT2D eigenvalue weighted by molar-refractivity contribution is 7.88. The number of nitrogens with one attached hydrogen (secondary N) is 1. The first-order valence-corrected chi connectivity index (χ1v) is 13.5. The Morgan fingerprint density at radius 2 is 1.89 bits per heavy atom. The van der Waals surface area contributed by atoms with E-state index in [1.807, 2.05) is 18.4 Å². The van der Waals surface area contributed by atoms with Crippen LogP contribution in [-0.2, 0) is 37.4 Å². The van der Waals surface area contributed by atoms with Crippen molar-refractivity contribution in [2.45, 2.75) is 84.0 Å². The van der Waals surface area contributed by atoms with E-state index in [1.165, 1.54) is 12.1 Å². The van der Waals surface area contributed by atoms with E-state index < -0.39 is 27.9 Å². The minimum Gasteiger partial charge on any atom is -0.481 e. The molecule has 2 atom stereocenters. The SMILES string of the molecule is CC(C)c1c(CNS(C)(=O)=O)nc(-c2ccc(F)cc2)n1CC[C@@H]1C[C@H](CC(=O)O)OC(C)(C)O1. The summed E-state index contributed by atoms with van der Waals surface area (Å²) in [5.41, 5.74) is 2.17. The number of carboxylic acids is 1. The summed E-state index contributed by atoms with van der Waals surface area (Å²) >= 11 is 0. The molecule has 0 bridgehead atoms. The Labute approximate surface area is 205 Å². The number of nitrogens with zero attached hydrogens (tertiary/aromatic N) is 2. The first-order chi connectivity index (χ1) is 16.2. The van der Waals surface area contributed by atoms with Crippen LogP contribution in [0.1, 0.15) is 64.3 Å². The van der Waals surface area contributed by atoms with Crippen LogP contribution in [0.2, 0.25) is 0 Å². The van der Waals surface area contributed by atoms with Crippen molar-refractivity contribution >= 4 is 16.0 Å². The van der Waals surface area contributed by atoms with E-state index in [4.69, 9.17) is 14.5 Å². The fourth-order valence-electron chi connectivity index (χ4n) is 4.53. The van der Waals surface area contributed by atoms with Crippen molar-refractivity contribution < 1.29 is 32.2 Å². The number of sulfonamides is 1. The van der Waals surface area contributed by atoms with Gasteiger partial charge in [0.15, 0.2) is 5.79 Å². The number of aliphatic carboxylic acids is 1. The number of rotatable bonds is 10. The molecule has 11 heteroatoms. The van der Waals surface area contributed by atoms with Gasteiger partial charge in [0.2, 0.25) is 10.0 Å². The Bertz CT molecular complexity index is 1140. The monoisotopic (exact) mass is 511 g/mol. The van der Waals surface area contributed by atoms with Crippen LogP contribution in [0.4, 0.5) is 4.39 Å². The smallest absolute Gasteiger partial charge is 0.305 e. The Balaban J connectivity index is 1.94. The van der Waals surface area contributed by atoms with Gasteiger partial charge >= 0.3 is 5.97 Å². The van der Waals surface area contributed by atoms with Gasteiger partial charge in [0, 0.05) is 24.2 Å². The van der Waals surface area contributed by atoms with Gasteiger partial charge in [-0.3, -0.25) is 4.79 Å².